The number of carboxylic acid groups (broad SMARTS) is 1. The first-order valence-electron chi connectivity index (χ1n) is 5.55. The van der Waals surface area contributed by atoms with Gasteiger partial charge in [-0.25, -0.2) is 9.78 Å². The lowest BCUT2D eigenvalue weighted by Gasteiger charge is -1.96. The molecule has 19 heavy (non-hydrogen) atoms. The van der Waals surface area contributed by atoms with E-state index in [1.54, 1.807) is 11.3 Å². The number of aliphatic carboxylic acids is 1. The molecule has 1 aliphatic rings. The summed E-state index contributed by atoms with van der Waals surface area (Å²) in [6, 6.07) is 3.38. The summed E-state index contributed by atoms with van der Waals surface area (Å²) < 4.78 is 2.12. The minimum Gasteiger partial charge on any atom is -0.480 e. The zero-order valence-corrected chi connectivity index (χ0v) is 13.1. The Morgan fingerprint density at radius 2 is 2.32 bits per heavy atom. The molecule has 4 nitrogen and oxygen atoms in total. The van der Waals surface area contributed by atoms with Gasteiger partial charge in [0.25, 0.3) is 0 Å². The Kier molecular flexibility index (Phi) is 3.36. The van der Waals surface area contributed by atoms with Crippen LogP contribution in [0.5, 0.6) is 0 Å². The van der Waals surface area contributed by atoms with Crippen LogP contribution in [0.15, 0.2) is 21.6 Å². The van der Waals surface area contributed by atoms with E-state index in [2.05, 4.69) is 25.9 Å². The van der Waals surface area contributed by atoms with Gasteiger partial charge in [-0.3, -0.25) is 4.99 Å². The van der Waals surface area contributed by atoms with Gasteiger partial charge >= 0.3 is 5.97 Å². The van der Waals surface area contributed by atoms with Crippen molar-refractivity contribution < 1.29 is 9.90 Å². The molecule has 0 saturated carbocycles. The zero-order chi connectivity index (χ0) is 13.6. The second kappa shape index (κ2) is 4.88. The Balaban J connectivity index is 2.05. The molecule has 98 valence electrons. The van der Waals surface area contributed by atoms with Crippen LogP contribution in [0.2, 0.25) is 0 Å². The second-order valence-electron chi connectivity index (χ2n) is 4.14. The van der Waals surface area contributed by atoms with E-state index in [-0.39, 0.29) is 0 Å². The first-order chi connectivity index (χ1) is 9.06. The summed E-state index contributed by atoms with van der Waals surface area (Å²) in [5.41, 5.74) is 2.05. The Morgan fingerprint density at radius 3 is 3.00 bits per heavy atom. The minimum absolute atomic E-state index is 0.489. The number of carbonyl (C=O) groups is 1. The molecule has 3 rings (SSSR count). The van der Waals surface area contributed by atoms with Crippen LogP contribution in [-0.2, 0) is 4.79 Å². The molecule has 0 fully saturated rings. The maximum absolute atomic E-state index is 10.9. The highest BCUT2D eigenvalue weighted by molar-refractivity contribution is 9.10. The Labute approximate surface area is 126 Å². The second-order valence-corrected chi connectivity index (χ2v) is 7.03. The first kappa shape index (κ1) is 13.1. The smallest absolute Gasteiger partial charge is 0.329 e. The van der Waals surface area contributed by atoms with Gasteiger partial charge in [-0.1, -0.05) is 15.9 Å². The quantitative estimate of drug-likeness (QED) is 0.896. The number of fused-ring (bicyclic) bond motifs is 1. The van der Waals surface area contributed by atoms with E-state index in [4.69, 9.17) is 5.11 Å². The number of halogens is 1. The number of hydrogen-bond acceptors (Lipinski definition) is 5. The molecule has 7 heteroatoms. The number of benzene rings is 1. The number of aryl methyl sites for hydroxylation is 1. The number of rotatable bonds is 2. The van der Waals surface area contributed by atoms with Gasteiger partial charge < -0.3 is 5.11 Å². The SMILES string of the molecule is Cc1c(Br)ccc2sc(C3=NC(C(=O)O)CS3)nc12. The van der Waals surface area contributed by atoms with E-state index >= 15 is 0 Å². The maximum atomic E-state index is 10.9. The highest BCUT2D eigenvalue weighted by atomic mass is 79.9. The van der Waals surface area contributed by atoms with Crippen molar-refractivity contribution in [1.82, 2.24) is 4.98 Å². The summed E-state index contributed by atoms with van der Waals surface area (Å²) >= 11 is 6.51. The van der Waals surface area contributed by atoms with E-state index in [0.717, 1.165) is 30.3 Å². The third kappa shape index (κ3) is 2.30. The molecule has 0 spiro atoms. The lowest BCUT2D eigenvalue weighted by Crippen LogP contribution is -2.17. The van der Waals surface area contributed by atoms with Crippen LogP contribution in [-0.4, -0.2) is 32.9 Å². The Bertz CT molecular complexity index is 711. The average Bonchev–Trinajstić information content (AvgIpc) is 2.99. The normalized spacial score (nSPS) is 18.8. The van der Waals surface area contributed by atoms with Crippen molar-refractivity contribution >= 4 is 60.3 Å². The molecule has 0 amide bonds. The summed E-state index contributed by atoms with van der Waals surface area (Å²) in [7, 11) is 0. The van der Waals surface area contributed by atoms with E-state index in [9.17, 15) is 4.79 Å². The van der Waals surface area contributed by atoms with Gasteiger partial charge in [0.1, 0.15) is 10.1 Å². The standard InChI is InChI=1S/C12H9BrN2O2S2/c1-5-6(13)2-3-8-9(5)15-11(19-8)10-14-7(4-18-10)12(16)17/h2-3,7H,4H2,1H3,(H,16,17). The molecule has 1 unspecified atom stereocenters. The topological polar surface area (TPSA) is 62.5 Å². The van der Waals surface area contributed by atoms with E-state index < -0.39 is 12.0 Å². The molecule has 2 heterocycles. The number of carboxylic acids is 1. The van der Waals surface area contributed by atoms with E-state index in [1.807, 2.05) is 19.1 Å². The van der Waals surface area contributed by atoms with Gasteiger partial charge in [-0.15, -0.1) is 23.1 Å². The number of hydrogen-bond donors (Lipinski definition) is 1. The third-order valence-corrected chi connectivity index (χ3v) is 5.94. The molecular formula is C12H9BrN2O2S2. The lowest BCUT2D eigenvalue weighted by atomic mass is 10.2. The van der Waals surface area contributed by atoms with E-state index in [1.165, 1.54) is 11.8 Å². The van der Waals surface area contributed by atoms with Crippen molar-refractivity contribution in [3.63, 3.8) is 0 Å². The van der Waals surface area contributed by atoms with Gasteiger partial charge in [0.2, 0.25) is 0 Å². The molecule has 1 aromatic heterocycles. The fraction of sp³-hybridized carbons (Fsp3) is 0.250. The van der Waals surface area contributed by atoms with Crippen LogP contribution in [0.3, 0.4) is 0 Å². The van der Waals surface area contributed by atoms with Crippen LogP contribution >= 0.6 is 39.0 Å². The predicted octanol–water partition coefficient (Wildman–Crippen LogP) is 3.31. The van der Waals surface area contributed by atoms with Crippen molar-refractivity contribution in [2.45, 2.75) is 13.0 Å². The fourth-order valence-electron chi connectivity index (χ4n) is 1.81. The van der Waals surface area contributed by atoms with Crippen molar-refractivity contribution in [2.75, 3.05) is 5.75 Å². The van der Waals surface area contributed by atoms with Crippen molar-refractivity contribution in [1.29, 1.82) is 0 Å². The van der Waals surface area contributed by atoms with Crippen LogP contribution in [0.4, 0.5) is 0 Å². The Hall–Kier alpha value is -0.920. The van der Waals surface area contributed by atoms with Crippen molar-refractivity contribution in [3.8, 4) is 0 Å². The number of thiazole rings is 1. The fourth-order valence-corrected chi connectivity index (χ4v) is 4.25. The molecule has 0 bridgehead atoms. The molecule has 0 aliphatic carbocycles. The third-order valence-electron chi connectivity index (χ3n) is 2.87. The number of nitrogens with zero attached hydrogens (tertiary/aromatic N) is 2. The van der Waals surface area contributed by atoms with Gasteiger partial charge in [-0.2, -0.15) is 0 Å². The van der Waals surface area contributed by atoms with Crippen LogP contribution in [0.25, 0.3) is 10.2 Å². The molecule has 2 aromatic rings. The molecular weight excluding hydrogens is 348 g/mol. The number of aromatic nitrogens is 1. The molecule has 1 aromatic carbocycles. The van der Waals surface area contributed by atoms with Crippen molar-refractivity contribution in [3.05, 3.63) is 27.2 Å². The minimum atomic E-state index is -0.873. The average molecular weight is 357 g/mol. The summed E-state index contributed by atoms with van der Waals surface area (Å²) in [6.45, 7) is 2.01. The highest BCUT2D eigenvalue weighted by Gasteiger charge is 2.27. The summed E-state index contributed by atoms with van der Waals surface area (Å²) in [5, 5.41) is 10.5. The molecule has 1 atom stereocenters. The monoisotopic (exact) mass is 356 g/mol. The predicted molar refractivity (Wildman–Crippen MR) is 82.5 cm³/mol. The van der Waals surface area contributed by atoms with Crippen LogP contribution < -0.4 is 0 Å². The zero-order valence-electron chi connectivity index (χ0n) is 9.88. The maximum Gasteiger partial charge on any atom is 0.329 e. The summed E-state index contributed by atoms with van der Waals surface area (Å²) in [5.74, 6) is -0.383. The van der Waals surface area contributed by atoms with Crippen molar-refractivity contribution in [2.24, 2.45) is 4.99 Å². The van der Waals surface area contributed by atoms with Gasteiger partial charge in [0, 0.05) is 10.2 Å². The van der Waals surface area contributed by atoms with Crippen LogP contribution in [0.1, 0.15) is 10.6 Å². The molecule has 1 N–H and O–H groups in total. The van der Waals surface area contributed by atoms with Gasteiger partial charge in [0.15, 0.2) is 6.04 Å². The lowest BCUT2D eigenvalue weighted by molar-refractivity contribution is -0.137. The molecule has 0 saturated heterocycles. The van der Waals surface area contributed by atoms with Crippen LogP contribution in [0, 0.1) is 6.92 Å². The molecule has 0 radical (unpaired) electrons. The summed E-state index contributed by atoms with van der Waals surface area (Å²) in [4.78, 5) is 19.7. The number of aliphatic imine (C=N–C) groups is 1. The molecule has 1 aliphatic heterocycles. The first-order valence-corrected chi connectivity index (χ1v) is 8.15. The summed E-state index contributed by atoms with van der Waals surface area (Å²) in [6.07, 6.45) is 0. The Morgan fingerprint density at radius 1 is 1.53 bits per heavy atom. The largest absolute Gasteiger partial charge is 0.480 e. The highest BCUT2D eigenvalue weighted by Crippen LogP contribution is 2.33. The van der Waals surface area contributed by atoms with Gasteiger partial charge in [-0.05, 0) is 24.6 Å². The van der Waals surface area contributed by atoms with Gasteiger partial charge in [0.05, 0.1) is 10.2 Å². The number of thioether (sulfide) groups is 1. The van der Waals surface area contributed by atoms with E-state index in [0.29, 0.717) is 5.75 Å².